The summed E-state index contributed by atoms with van der Waals surface area (Å²) in [5, 5.41) is 0. The van der Waals surface area contributed by atoms with Crippen LogP contribution in [0.15, 0.2) is 54.6 Å². The summed E-state index contributed by atoms with van der Waals surface area (Å²) in [6.07, 6.45) is 0. The first-order valence-corrected chi connectivity index (χ1v) is 7.55. The van der Waals surface area contributed by atoms with Crippen LogP contribution >= 0.6 is 12.4 Å². The van der Waals surface area contributed by atoms with E-state index in [1.807, 2.05) is 30.3 Å². The van der Waals surface area contributed by atoms with Crippen LogP contribution < -0.4 is 15.2 Å². The topological polar surface area (TPSA) is 47.7 Å². The van der Waals surface area contributed by atoms with Crippen molar-refractivity contribution in [2.24, 2.45) is 5.73 Å². The predicted molar refractivity (Wildman–Crippen MR) is 96.5 cm³/mol. The monoisotopic (exact) mass is 336 g/mol. The maximum atomic E-state index is 5.78. The van der Waals surface area contributed by atoms with Crippen LogP contribution in [0, 0.1) is 0 Å². The molecule has 2 N–H and O–H groups in total. The molecule has 0 saturated carbocycles. The van der Waals surface area contributed by atoms with Gasteiger partial charge in [0, 0.05) is 26.2 Å². The fraction of sp³-hybridized carbons (Fsp3) is 0.333. The van der Waals surface area contributed by atoms with Gasteiger partial charge in [0.2, 0.25) is 0 Å². The molecule has 0 aromatic heterocycles. The van der Waals surface area contributed by atoms with Crippen LogP contribution in [0.1, 0.15) is 5.56 Å². The first kappa shape index (κ1) is 19.3. The van der Waals surface area contributed by atoms with Gasteiger partial charge in [-0.25, -0.2) is 0 Å². The van der Waals surface area contributed by atoms with Crippen LogP contribution in [0.2, 0.25) is 0 Å². The van der Waals surface area contributed by atoms with E-state index >= 15 is 0 Å². The van der Waals surface area contributed by atoms with Crippen molar-refractivity contribution < 1.29 is 9.47 Å². The van der Waals surface area contributed by atoms with Gasteiger partial charge in [-0.15, -0.1) is 12.4 Å². The molecule has 0 heterocycles. The van der Waals surface area contributed by atoms with Crippen molar-refractivity contribution in [2.45, 2.75) is 6.54 Å². The van der Waals surface area contributed by atoms with E-state index in [2.05, 4.69) is 29.2 Å². The van der Waals surface area contributed by atoms with E-state index in [0.717, 1.165) is 31.1 Å². The molecule has 2 aromatic rings. The third kappa shape index (κ3) is 6.91. The molecule has 4 nitrogen and oxygen atoms in total. The van der Waals surface area contributed by atoms with Crippen LogP contribution in [0.5, 0.6) is 11.5 Å². The fourth-order valence-electron chi connectivity index (χ4n) is 2.26. The van der Waals surface area contributed by atoms with E-state index in [9.17, 15) is 0 Å². The third-order valence-corrected chi connectivity index (χ3v) is 3.43. The van der Waals surface area contributed by atoms with Gasteiger partial charge in [-0.05, 0) is 29.8 Å². The second-order valence-corrected chi connectivity index (χ2v) is 5.07. The first-order valence-electron chi connectivity index (χ1n) is 7.55. The van der Waals surface area contributed by atoms with Gasteiger partial charge in [-0.1, -0.05) is 30.3 Å². The Morgan fingerprint density at radius 1 is 0.913 bits per heavy atom. The highest BCUT2D eigenvalue weighted by molar-refractivity contribution is 5.85. The molecule has 0 radical (unpaired) electrons. The van der Waals surface area contributed by atoms with Gasteiger partial charge in [0.05, 0.1) is 7.11 Å². The second kappa shape index (κ2) is 10.9. The Bertz CT molecular complexity index is 534. The van der Waals surface area contributed by atoms with Crippen molar-refractivity contribution >= 4 is 12.4 Å². The maximum Gasteiger partial charge on any atom is 0.119 e. The highest BCUT2D eigenvalue weighted by atomic mass is 35.5. The van der Waals surface area contributed by atoms with Crippen LogP contribution in [-0.2, 0) is 6.54 Å². The Labute approximate surface area is 144 Å². The summed E-state index contributed by atoms with van der Waals surface area (Å²) in [5.41, 5.74) is 6.99. The first-order chi connectivity index (χ1) is 10.8. The molecule has 2 rings (SSSR count). The van der Waals surface area contributed by atoms with Crippen LogP contribution in [-0.4, -0.2) is 38.3 Å². The molecule has 2 aromatic carbocycles. The summed E-state index contributed by atoms with van der Waals surface area (Å²) in [6, 6.07) is 18.1. The Hall–Kier alpha value is -1.75. The molecule has 0 unspecified atom stereocenters. The quantitative estimate of drug-likeness (QED) is 0.765. The zero-order valence-electron chi connectivity index (χ0n) is 13.5. The summed E-state index contributed by atoms with van der Waals surface area (Å²) in [6.45, 7) is 3.89. The fourth-order valence-corrected chi connectivity index (χ4v) is 2.26. The van der Waals surface area contributed by atoms with Gasteiger partial charge in [-0.2, -0.15) is 0 Å². The molecule has 0 atom stereocenters. The molecule has 126 valence electrons. The van der Waals surface area contributed by atoms with E-state index in [0.29, 0.717) is 13.2 Å². The predicted octanol–water partition coefficient (Wildman–Crippen LogP) is 2.96. The molecular formula is C18H25ClN2O2. The smallest absolute Gasteiger partial charge is 0.119 e. The Balaban J connectivity index is 0.00000264. The number of hydrogen-bond donors (Lipinski definition) is 1. The summed E-state index contributed by atoms with van der Waals surface area (Å²) >= 11 is 0. The summed E-state index contributed by atoms with van der Waals surface area (Å²) < 4.78 is 10.9. The van der Waals surface area contributed by atoms with Gasteiger partial charge < -0.3 is 15.2 Å². The number of hydrogen-bond acceptors (Lipinski definition) is 4. The number of nitrogens with two attached hydrogens (primary N) is 1. The zero-order valence-corrected chi connectivity index (χ0v) is 14.3. The lowest BCUT2D eigenvalue weighted by Crippen LogP contribution is -2.32. The molecule has 0 aliphatic heterocycles. The minimum atomic E-state index is 0. The van der Waals surface area contributed by atoms with E-state index in [1.54, 1.807) is 7.11 Å². The van der Waals surface area contributed by atoms with E-state index in [-0.39, 0.29) is 12.4 Å². The Morgan fingerprint density at radius 3 is 2.17 bits per heavy atom. The summed E-state index contributed by atoms with van der Waals surface area (Å²) in [7, 11) is 1.66. The highest BCUT2D eigenvalue weighted by Crippen LogP contribution is 2.17. The van der Waals surface area contributed by atoms with Crippen LogP contribution in [0.3, 0.4) is 0 Å². The molecule has 0 aliphatic rings. The number of benzene rings is 2. The molecule has 5 heteroatoms. The van der Waals surface area contributed by atoms with Gasteiger partial charge >= 0.3 is 0 Å². The summed E-state index contributed by atoms with van der Waals surface area (Å²) in [4.78, 5) is 2.30. The van der Waals surface area contributed by atoms with E-state index in [1.165, 1.54) is 5.56 Å². The molecule has 0 amide bonds. The SMILES string of the molecule is COc1ccc(OCCN(CCN)Cc2ccccc2)cc1.Cl. The van der Waals surface area contributed by atoms with Crippen molar-refractivity contribution in [1.29, 1.82) is 0 Å². The lowest BCUT2D eigenvalue weighted by atomic mass is 10.2. The minimum absolute atomic E-state index is 0. The van der Waals surface area contributed by atoms with Crippen LogP contribution in [0.4, 0.5) is 0 Å². The van der Waals surface area contributed by atoms with Gasteiger partial charge in [0.1, 0.15) is 18.1 Å². The third-order valence-electron chi connectivity index (χ3n) is 3.43. The van der Waals surface area contributed by atoms with Crippen molar-refractivity contribution in [1.82, 2.24) is 4.90 Å². The maximum absolute atomic E-state index is 5.78. The van der Waals surface area contributed by atoms with Crippen molar-refractivity contribution in [3.63, 3.8) is 0 Å². The molecule has 0 bridgehead atoms. The Kier molecular flexibility index (Phi) is 9.14. The molecule has 0 saturated heterocycles. The Morgan fingerprint density at radius 2 is 1.57 bits per heavy atom. The number of halogens is 1. The standard InChI is InChI=1S/C18H24N2O2.ClH/c1-21-17-7-9-18(10-8-17)22-14-13-20(12-11-19)15-16-5-3-2-4-6-16;/h2-10H,11-15,19H2,1H3;1H. The average Bonchev–Trinajstić information content (AvgIpc) is 2.56. The number of ether oxygens (including phenoxy) is 2. The minimum Gasteiger partial charge on any atom is -0.497 e. The van der Waals surface area contributed by atoms with E-state index in [4.69, 9.17) is 15.2 Å². The number of methoxy groups -OCH3 is 1. The van der Waals surface area contributed by atoms with Crippen molar-refractivity contribution in [3.8, 4) is 11.5 Å². The van der Waals surface area contributed by atoms with Crippen molar-refractivity contribution in [3.05, 3.63) is 60.2 Å². The average molecular weight is 337 g/mol. The normalized spacial score (nSPS) is 10.2. The molecule has 0 aliphatic carbocycles. The number of rotatable bonds is 9. The second-order valence-electron chi connectivity index (χ2n) is 5.07. The van der Waals surface area contributed by atoms with Gasteiger partial charge in [0.15, 0.2) is 0 Å². The van der Waals surface area contributed by atoms with E-state index < -0.39 is 0 Å². The largest absolute Gasteiger partial charge is 0.497 e. The van der Waals surface area contributed by atoms with Gasteiger partial charge in [-0.3, -0.25) is 4.90 Å². The molecule has 0 spiro atoms. The van der Waals surface area contributed by atoms with Crippen molar-refractivity contribution in [2.75, 3.05) is 33.4 Å². The zero-order chi connectivity index (χ0) is 15.6. The van der Waals surface area contributed by atoms with Gasteiger partial charge in [0.25, 0.3) is 0 Å². The molecule has 23 heavy (non-hydrogen) atoms. The lowest BCUT2D eigenvalue weighted by molar-refractivity contribution is 0.206. The molecule has 0 fully saturated rings. The lowest BCUT2D eigenvalue weighted by Gasteiger charge is -2.21. The highest BCUT2D eigenvalue weighted by Gasteiger charge is 2.05. The number of nitrogens with zero attached hydrogens (tertiary/aromatic N) is 1. The summed E-state index contributed by atoms with van der Waals surface area (Å²) in [5.74, 6) is 1.69. The van der Waals surface area contributed by atoms with Crippen LogP contribution in [0.25, 0.3) is 0 Å². The molecular weight excluding hydrogens is 312 g/mol.